The van der Waals surface area contributed by atoms with E-state index in [0.717, 1.165) is 51.1 Å². The summed E-state index contributed by atoms with van der Waals surface area (Å²) in [7, 11) is 0. The molecule has 2 aromatic carbocycles. The van der Waals surface area contributed by atoms with E-state index in [-0.39, 0.29) is 17.5 Å². The molecule has 0 saturated carbocycles. The molecule has 1 aliphatic rings. The molecule has 0 aliphatic carbocycles. The summed E-state index contributed by atoms with van der Waals surface area (Å²) < 4.78 is 13.0. The Morgan fingerprint density at radius 2 is 1.72 bits per heavy atom. The molecule has 1 aliphatic heterocycles. The van der Waals surface area contributed by atoms with Crippen LogP contribution in [0.3, 0.4) is 0 Å². The van der Waals surface area contributed by atoms with E-state index in [1.54, 1.807) is 12.1 Å². The zero-order chi connectivity index (χ0) is 17.5. The maximum atomic E-state index is 13.0. The van der Waals surface area contributed by atoms with Crippen LogP contribution in [0.4, 0.5) is 10.1 Å². The van der Waals surface area contributed by atoms with Crippen molar-refractivity contribution >= 4 is 11.5 Å². The van der Waals surface area contributed by atoms with Gasteiger partial charge in [-0.15, -0.1) is 0 Å². The average Bonchev–Trinajstić information content (AvgIpc) is 2.67. The van der Waals surface area contributed by atoms with Crippen molar-refractivity contribution in [1.82, 2.24) is 4.90 Å². The number of Topliss-reactive ketones (excluding diaryl/α,β-unsaturated/α-hetero) is 1. The minimum absolute atomic E-state index is 0.0733. The third kappa shape index (κ3) is 5.13. The zero-order valence-corrected chi connectivity index (χ0v) is 14.5. The Labute approximate surface area is 148 Å². The molecular formula is C21H25FN2O. The molecule has 1 fully saturated rings. The van der Waals surface area contributed by atoms with Crippen LogP contribution in [0, 0.1) is 11.7 Å². The van der Waals surface area contributed by atoms with Gasteiger partial charge in [0.1, 0.15) is 5.82 Å². The molecule has 132 valence electrons. The number of hydrogen-bond acceptors (Lipinski definition) is 3. The first-order valence-electron chi connectivity index (χ1n) is 9.03. The minimum Gasteiger partial charge on any atom is -0.385 e. The standard InChI is InChI=1S/C21H25FN2O/c22-19-9-7-17(8-10-19)21(25)18-11-15-24(16-12-18)14-4-13-23-20-5-2-1-3-6-20/h1-3,5-10,18,23H,4,11-16H2. The molecule has 2 aromatic rings. The van der Waals surface area contributed by atoms with Crippen molar-refractivity contribution < 1.29 is 9.18 Å². The van der Waals surface area contributed by atoms with Gasteiger partial charge in [0.05, 0.1) is 0 Å². The van der Waals surface area contributed by atoms with E-state index in [1.165, 1.54) is 12.1 Å². The van der Waals surface area contributed by atoms with Gasteiger partial charge in [-0.25, -0.2) is 4.39 Å². The van der Waals surface area contributed by atoms with Crippen LogP contribution in [0.2, 0.25) is 0 Å². The number of nitrogens with zero attached hydrogens (tertiary/aromatic N) is 1. The first kappa shape index (κ1) is 17.6. The zero-order valence-electron chi connectivity index (χ0n) is 14.5. The monoisotopic (exact) mass is 340 g/mol. The molecule has 3 nitrogen and oxygen atoms in total. The summed E-state index contributed by atoms with van der Waals surface area (Å²) >= 11 is 0. The highest BCUT2D eigenvalue weighted by molar-refractivity contribution is 5.97. The lowest BCUT2D eigenvalue weighted by Crippen LogP contribution is -2.37. The lowest BCUT2D eigenvalue weighted by molar-refractivity contribution is 0.0840. The van der Waals surface area contributed by atoms with Crippen LogP contribution < -0.4 is 5.32 Å². The van der Waals surface area contributed by atoms with E-state index in [9.17, 15) is 9.18 Å². The van der Waals surface area contributed by atoms with Crippen molar-refractivity contribution in [2.45, 2.75) is 19.3 Å². The number of nitrogens with one attached hydrogen (secondary N) is 1. The van der Waals surface area contributed by atoms with Gasteiger partial charge in [-0.05, 0) is 75.3 Å². The van der Waals surface area contributed by atoms with Crippen molar-refractivity contribution in [2.24, 2.45) is 5.92 Å². The van der Waals surface area contributed by atoms with Crippen LogP contribution in [0.15, 0.2) is 54.6 Å². The van der Waals surface area contributed by atoms with E-state index >= 15 is 0 Å². The van der Waals surface area contributed by atoms with Gasteiger partial charge in [0.2, 0.25) is 0 Å². The number of piperidine rings is 1. The number of rotatable bonds is 7. The molecule has 0 radical (unpaired) electrons. The van der Waals surface area contributed by atoms with E-state index in [2.05, 4.69) is 22.3 Å². The van der Waals surface area contributed by atoms with Crippen LogP contribution in [-0.2, 0) is 0 Å². The topological polar surface area (TPSA) is 32.3 Å². The second kappa shape index (κ2) is 8.77. The van der Waals surface area contributed by atoms with Crippen LogP contribution in [0.5, 0.6) is 0 Å². The van der Waals surface area contributed by atoms with Gasteiger partial charge >= 0.3 is 0 Å². The fraction of sp³-hybridized carbons (Fsp3) is 0.381. The Morgan fingerprint density at radius 3 is 2.40 bits per heavy atom. The molecule has 0 amide bonds. The van der Waals surface area contributed by atoms with Crippen molar-refractivity contribution in [3.8, 4) is 0 Å². The normalized spacial score (nSPS) is 15.9. The molecule has 1 N–H and O–H groups in total. The molecule has 1 saturated heterocycles. The van der Waals surface area contributed by atoms with E-state index < -0.39 is 0 Å². The molecule has 0 unspecified atom stereocenters. The summed E-state index contributed by atoms with van der Waals surface area (Å²) in [6, 6.07) is 16.2. The number of halogens is 1. The molecule has 0 spiro atoms. The number of carbonyl (C=O) groups is 1. The summed E-state index contributed by atoms with van der Waals surface area (Å²) in [6.07, 6.45) is 2.87. The number of hydrogen-bond donors (Lipinski definition) is 1. The van der Waals surface area contributed by atoms with Crippen LogP contribution in [0.1, 0.15) is 29.6 Å². The van der Waals surface area contributed by atoms with Gasteiger partial charge in [-0.2, -0.15) is 0 Å². The SMILES string of the molecule is O=C(c1ccc(F)cc1)C1CCN(CCCNc2ccccc2)CC1. The Bertz CT molecular complexity index is 664. The van der Waals surface area contributed by atoms with Crippen LogP contribution in [-0.4, -0.2) is 36.9 Å². The molecular weight excluding hydrogens is 315 g/mol. The number of likely N-dealkylation sites (tertiary alicyclic amines) is 1. The maximum absolute atomic E-state index is 13.0. The largest absolute Gasteiger partial charge is 0.385 e. The molecule has 0 aromatic heterocycles. The highest BCUT2D eigenvalue weighted by Gasteiger charge is 2.25. The van der Waals surface area contributed by atoms with Crippen LogP contribution >= 0.6 is 0 Å². The van der Waals surface area contributed by atoms with Crippen molar-refractivity contribution in [2.75, 3.05) is 31.5 Å². The second-order valence-corrected chi connectivity index (χ2v) is 6.63. The van der Waals surface area contributed by atoms with E-state index in [0.29, 0.717) is 5.56 Å². The highest BCUT2D eigenvalue weighted by Crippen LogP contribution is 2.22. The molecule has 25 heavy (non-hydrogen) atoms. The molecule has 3 rings (SSSR count). The number of carbonyl (C=O) groups excluding carboxylic acids is 1. The van der Waals surface area contributed by atoms with Crippen LogP contribution in [0.25, 0.3) is 0 Å². The lowest BCUT2D eigenvalue weighted by Gasteiger charge is -2.31. The van der Waals surface area contributed by atoms with Crippen molar-refractivity contribution in [3.63, 3.8) is 0 Å². The smallest absolute Gasteiger partial charge is 0.166 e. The van der Waals surface area contributed by atoms with Gasteiger partial charge in [0, 0.05) is 23.7 Å². The molecule has 1 heterocycles. The second-order valence-electron chi connectivity index (χ2n) is 6.63. The predicted molar refractivity (Wildman–Crippen MR) is 99.4 cm³/mol. The number of anilines is 1. The van der Waals surface area contributed by atoms with E-state index in [4.69, 9.17) is 0 Å². The third-order valence-electron chi connectivity index (χ3n) is 4.84. The van der Waals surface area contributed by atoms with E-state index in [1.807, 2.05) is 18.2 Å². The number of ketones is 1. The third-order valence-corrected chi connectivity index (χ3v) is 4.84. The highest BCUT2D eigenvalue weighted by atomic mass is 19.1. The summed E-state index contributed by atoms with van der Waals surface area (Å²) in [5, 5.41) is 3.43. The van der Waals surface area contributed by atoms with Gasteiger partial charge in [-0.3, -0.25) is 4.79 Å². The number of para-hydroxylation sites is 1. The molecule has 0 atom stereocenters. The minimum atomic E-state index is -0.296. The van der Waals surface area contributed by atoms with Gasteiger partial charge in [0.15, 0.2) is 5.78 Å². The Hall–Kier alpha value is -2.20. The summed E-state index contributed by atoms with van der Waals surface area (Å²) in [4.78, 5) is 14.9. The average molecular weight is 340 g/mol. The summed E-state index contributed by atoms with van der Waals surface area (Å²) in [5.74, 6) is -0.0648. The van der Waals surface area contributed by atoms with Crippen molar-refractivity contribution in [3.05, 3.63) is 66.0 Å². The Balaban J connectivity index is 1.37. The summed E-state index contributed by atoms with van der Waals surface area (Å²) in [5.41, 5.74) is 1.79. The van der Waals surface area contributed by atoms with Gasteiger partial charge in [0.25, 0.3) is 0 Å². The quantitative estimate of drug-likeness (QED) is 0.605. The predicted octanol–water partition coefficient (Wildman–Crippen LogP) is 4.22. The number of benzene rings is 2. The lowest BCUT2D eigenvalue weighted by atomic mass is 9.89. The van der Waals surface area contributed by atoms with Crippen molar-refractivity contribution in [1.29, 1.82) is 0 Å². The first-order valence-corrected chi connectivity index (χ1v) is 9.03. The fourth-order valence-corrected chi connectivity index (χ4v) is 3.36. The Kier molecular flexibility index (Phi) is 6.18. The maximum Gasteiger partial charge on any atom is 0.166 e. The summed E-state index contributed by atoms with van der Waals surface area (Å²) in [6.45, 7) is 3.93. The molecule has 4 heteroatoms. The Morgan fingerprint density at radius 1 is 1.04 bits per heavy atom. The molecule has 0 bridgehead atoms. The first-order chi connectivity index (χ1) is 12.2. The van der Waals surface area contributed by atoms with Gasteiger partial charge in [-0.1, -0.05) is 18.2 Å². The van der Waals surface area contributed by atoms with Gasteiger partial charge < -0.3 is 10.2 Å². The fourth-order valence-electron chi connectivity index (χ4n) is 3.36.